The molecule has 4 rings (SSSR count). The third-order valence-electron chi connectivity index (χ3n) is 4.79. The third-order valence-corrected chi connectivity index (χ3v) is 5.64. The summed E-state index contributed by atoms with van der Waals surface area (Å²) in [4.78, 5) is 24.4. The van der Waals surface area contributed by atoms with Crippen LogP contribution >= 0.6 is 11.3 Å². The molecule has 0 spiro atoms. The fraction of sp³-hybridized carbons (Fsp3) is 0.429. The summed E-state index contributed by atoms with van der Waals surface area (Å²) in [6, 6.07) is 6.34. The molecule has 3 aromatic heterocycles. The Hall–Kier alpha value is -2.85. The average molecular weight is 447 g/mol. The highest BCUT2D eigenvalue weighted by atomic mass is 32.1. The molecule has 10 heteroatoms. The Bertz CT molecular complexity index is 1040. The van der Waals surface area contributed by atoms with E-state index in [9.17, 15) is 9.18 Å². The summed E-state index contributed by atoms with van der Waals surface area (Å²) < 4.78 is 30.2. The first-order valence-corrected chi connectivity index (χ1v) is 10.8. The number of nitrogens with one attached hydrogen (secondary N) is 1. The van der Waals surface area contributed by atoms with Crippen molar-refractivity contribution in [3.05, 3.63) is 36.3 Å². The van der Waals surface area contributed by atoms with Crippen molar-refractivity contribution < 1.29 is 23.4 Å². The maximum atomic E-state index is 13.0. The van der Waals surface area contributed by atoms with Gasteiger partial charge in [0.15, 0.2) is 4.83 Å². The van der Waals surface area contributed by atoms with Crippen molar-refractivity contribution in [3.63, 3.8) is 0 Å². The summed E-state index contributed by atoms with van der Waals surface area (Å²) in [6.45, 7) is 4.51. The average Bonchev–Trinajstić information content (AvgIpc) is 3.09. The van der Waals surface area contributed by atoms with E-state index in [4.69, 9.17) is 14.2 Å². The van der Waals surface area contributed by atoms with Crippen LogP contribution in [0.1, 0.15) is 26.7 Å². The van der Waals surface area contributed by atoms with E-state index >= 15 is 0 Å². The minimum Gasteiger partial charge on any atom is -0.477 e. The second-order valence-electron chi connectivity index (χ2n) is 7.58. The first-order chi connectivity index (χ1) is 14.9. The molecule has 0 aliphatic heterocycles. The van der Waals surface area contributed by atoms with Gasteiger partial charge in [-0.3, -0.25) is 4.79 Å². The molecule has 1 saturated carbocycles. The van der Waals surface area contributed by atoms with Gasteiger partial charge in [-0.05, 0) is 37.8 Å². The third kappa shape index (κ3) is 5.86. The molecule has 8 nitrogen and oxygen atoms in total. The Kier molecular flexibility index (Phi) is 6.57. The van der Waals surface area contributed by atoms with Crippen molar-refractivity contribution in [2.75, 3.05) is 13.2 Å². The zero-order chi connectivity index (χ0) is 21.8. The van der Waals surface area contributed by atoms with E-state index in [0.717, 1.165) is 19.0 Å². The quantitative estimate of drug-likeness (QED) is 0.535. The Morgan fingerprint density at radius 2 is 2.06 bits per heavy atom. The van der Waals surface area contributed by atoms with E-state index in [1.807, 2.05) is 13.0 Å². The number of hydrogen-bond donors (Lipinski definition) is 1. The van der Waals surface area contributed by atoms with Crippen LogP contribution < -0.4 is 14.8 Å². The van der Waals surface area contributed by atoms with Crippen LogP contribution in [0.3, 0.4) is 0 Å². The van der Waals surface area contributed by atoms with Gasteiger partial charge in [0, 0.05) is 25.1 Å². The lowest BCUT2D eigenvalue weighted by Gasteiger charge is -2.35. The molecule has 0 bridgehead atoms. The summed E-state index contributed by atoms with van der Waals surface area (Å²) in [5.74, 6) is 0.746. The normalized spacial score (nSPS) is 18.9. The Labute approximate surface area is 182 Å². The maximum absolute atomic E-state index is 13.0. The smallest absolute Gasteiger partial charge is 0.282 e. The number of halogens is 1. The van der Waals surface area contributed by atoms with Gasteiger partial charge >= 0.3 is 0 Å². The minimum atomic E-state index is -0.427. The van der Waals surface area contributed by atoms with Crippen molar-refractivity contribution in [1.82, 2.24) is 20.3 Å². The fourth-order valence-electron chi connectivity index (χ4n) is 3.24. The van der Waals surface area contributed by atoms with E-state index in [0.29, 0.717) is 40.6 Å². The highest BCUT2D eigenvalue weighted by Crippen LogP contribution is 2.33. The van der Waals surface area contributed by atoms with Crippen LogP contribution in [0.15, 0.2) is 30.5 Å². The van der Waals surface area contributed by atoms with E-state index < -0.39 is 5.82 Å². The van der Waals surface area contributed by atoms with E-state index in [1.54, 1.807) is 6.07 Å². The largest absolute Gasteiger partial charge is 0.477 e. The van der Waals surface area contributed by atoms with Gasteiger partial charge < -0.3 is 19.5 Å². The summed E-state index contributed by atoms with van der Waals surface area (Å²) in [5, 5.41) is 3.19. The summed E-state index contributed by atoms with van der Waals surface area (Å²) in [6.07, 6.45) is 3.16. The standard InChI is InChI=1S/C21H23FN4O4S/c1-12(24-13(2)27)10-28-16-7-14(8-16)11-29-19-6-4-17-20(26-19)31-21(25-17)30-18-5-3-15(22)9-23-18/h3-6,9,12,14,16H,7-8,10-11H2,1-2H3,(H,24,27)/t12-,14?,16?/m0/s1. The molecule has 1 aliphatic rings. The molecule has 1 fully saturated rings. The number of pyridine rings is 2. The van der Waals surface area contributed by atoms with Gasteiger partial charge in [0.1, 0.15) is 11.3 Å². The van der Waals surface area contributed by atoms with Crippen molar-refractivity contribution >= 4 is 27.6 Å². The number of fused-ring (bicyclic) bond motifs is 1. The molecular formula is C21H23FN4O4S. The number of hydrogen-bond acceptors (Lipinski definition) is 8. The summed E-state index contributed by atoms with van der Waals surface area (Å²) in [5.41, 5.74) is 0.694. The number of carbonyl (C=O) groups is 1. The van der Waals surface area contributed by atoms with Crippen molar-refractivity contribution in [1.29, 1.82) is 0 Å². The lowest BCUT2D eigenvalue weighted by atomic mass is 9.83. The molecule has 0 radical (unpaired) electrons. The molecule has 0 unspecified atom stereocenters. The first-order valence-electron chi connectivity index (χ1n) is 10.0. The van der Waals surface area contributed by atoms with E-state index in [2.05, 4.69) is 20.3 Å². The number of carbonyl (C=O) groups excluding carboxylic acids is 1. The molecular weight excluding hydrogens is 423 g/mol. The molecule has 1 amide bonds. The van der Waals surface area contributed by atoms with Crippen LogP contribution in [0, 0.1) is 11.7 Å². The second kappa shape index (κ2) is 9.52. The van der Waals surface area contributed by atoms with Crippen molar-refractivity contribution in [2.45, 2.75) is 38.8 Å². The summed E-state index contributed by atoms with van der Waals surface area (Å²) in [7, 11) is 0. The first kappa shape index (κ1) is 21.4. The molecule has 1 N–H and O–H groups in total. The molecule has 1 atom stereocenters. The van der Waals surface area contributed by atoms with Gasteiger partial charge in [-0.1, -0.05) is 11.3 Å². The second-order valence-corrected chi connectivity index (χ2v) is 8.52. The van der Waals surface area contributed by atoms with E-state index in [-0.39, 0.29) is 23.9 Å². The zero-order valence-electron chi connectivity index (χ0n) is 17.2. The lowest BCUT2D eigenvalue weighted by Crippen LogP contribution is -2.40. The molecule has 31 heavy (non-hydrogen) atoms. The SMILES string of the molecule is CC(=O)N[C@@H](C)COC1CC(COc2ccc3nc(Oc4ccc(F)cn4)sc3n2)C1. The van der Waals surface area contributed by atoms with Crippen LogP contribution in [-0.4, -0.2) is 46.2 Å². The minimum absolute atomic E-state index is 0.0100. The predicted molar refractivity (Wildman–Crippen MR) is 113 cm³/mol. The van der Waals surface area contributed by atoms with Gasteiger partial charge in [-0.25, -0.2) is 19.3 Å². The topological polar surface area (TPSA) is 95.5 Å². The predicted octanol–water partition coefficient (Wildman–Crippen LogP) is 3.72. The molecule has 164 valence electrons. The Morgan fingerprint density at radius 1 is 1.26 bits per heavy atom. The number of thiazole rings is 1. The molecule has 3 heterocycles. The molecule has 0 aromatic carbocycles. The van der Waals surface area contributed by atoms with Crippen molar-refractivity contribution in [3.8, 4) is 17.0 Å². The Morgan fingerprint density at radius 3 is 2.81 bits per heavy atom. The number of rotatable bonds is 9. The van der Waals surface area contributed by atoms with Crippen LogP contribution in [0.5, 0.6) is 17.0 Å². The van der Waals surface area contributed by atoms with Crippen LogP contribution in [0.4, 0.5) is 4.39 Å². The molecule has 0 saturated heterocycles. The zero-order valence-corrected chi connectivity index (χ0v) is 18.0. The van der Waals surface area contributed by atoms with Crippen LogP contribution in [0.25, 0.3) is 10.3 Å². The fourth-order valence-corrected chi connectivity index (χ4v) is 4.03. The van der Waals surface area contributed by atoms with Crippen molar-refractivity contribution in [2.24, 2.45) is 5.92 Å². The number of nitrogens with zero attached hydrogens (tertiary/aromatic N) is 3. The highest BCUT2D eigenvalue weighted by molar-refractivity contribution is 7.19. The van der Waals surface area contributed by atoms with Gasteiger partial charge in [-0.2, -0.15) is 0 Å². The number of aromatic nitrogens is 3. The summed E-state index contributed by atoms with van der Waals surface area (Å²) >= 11 is 1.27. The van der Waals surface area contributed by atoms with Crippen LogP contribution in [0.2, 0.25) is 0 Å². The lowest BCUT2D eigenvalue weighted by molar-refractivity contribution is -0.120. The maximum Gasteiger partial charge on any atom is 0.282 e. The van der Waals surface area contributed by atoms with Crippen LogP contribution in [-0.2, 0) is 9.53 Å². The van der Waals surface area contributed by atoms with Gasteiger partial charge in [0.25, 0.3) is 5.19 Å². The number of amides is 1. The molecule has 1 aliphatic carbocycles. The highest BCUT2D eigenvalue weighted by Gasteiger charge is 2.30. The Balaban J connectivity index is 1.23. The molecule has 3 aromatic rings. The van der Waals surface area contributed by atoms with E-state index in [1.165, 1.54) is 30.4 Å². The van der Waals surface area contributed by atoms with Gasteiger partial charge in [-0.15, -0.1) is 0 Å². The number of ether oxygens (including phenoxy) is 3. The van der Waals surface area contributed by atoms with Gasteiger partial charge in [0.05, 0.1) is 25.5 Å². The monoisotopic (exact) mass is 446 g/mol. The van der Waals surface area contributed by atoms with Gasteiger partial charge in [0.2, 0.25) is 17.7 Å².